The van der Waals surface area contributed by atoms with E-state index in [4.69, 9.17) is 10.00 Å². The minimum atomic E-state index is 0.241. The van der Waals surface area contributed by atoms with E-state index in [-0.39, 0.29) is 6.10 Å². The molecule has 1 rings (SSSR count). The van der Waals surface area contributed by atoms with Gasteiger partial charge < -0.3 is 4.74 Å². The lowest BCUT2D eigenvalue weighted by molar-refractivity contribution is 0.254. The highest BCUT2D eigenvalue weighted by Gasteiger charge is 2.10. The highest BCUT2D eigenvalue weighted by atomic mass is 16.5. The van der Waals surface area contributed by atoms with Crippen molar-refractivity contribution in [3.8, 4) is 6.07 Å². The first kappa shape index (κ1) is 7.70. The van der Waals surface area contributed by atoms with Crippen LogP contribution in [0.25, 0.3) is 0 Å². The molecule has 1 radical (unpaired) electrons. The predicted molar refractivity (Wildman–Crippen MR) is 39.2 cm³/mol. The summed E-state index contributed by atoms with van der Waals surface area (Å²) in [6.45, 7) is 0. The van der Waals surface area contributed by atoms with E-state index in [1.165, 1.54) is 7.11 Å². The third kappa shape index (κ3) is 1.76. The monoisotopic (exact) mass is 147 g/mol. The summed E-state index contributed by atoms with van der Waals surface area (Å²) in [7, 11) is 1.45. The van der Waals surface area contributed by atoms with Gasteiger partial charge in [-0.3, -0.25) is 4.98 Å². The normalized spacial score (nSPS) is 9.55. The minimum absolute atomic E-state index is 0.241. The molecule has 3 nitrogen and oxygen atoms in total. The first-order valence-corrected chi connectivity index (χ1v) is 3.11. The number of nitrogens with zero attached hydrogens (tertiary/aromatic N) is 2. The molecule has 0 spiro atoms. The van der Waals surface area contributed by atoms with E-state index in [1.807, 2.05) is 6.07 Å². The average molecular weight is 147 g/mol. The third-order valence-corrected chi connectivity index (χ3v) is 1.20. The fraction of sp³-hybridized carbons (Fsp3) is 0.125. The van der Waals surface area contributed by atoms with Crippen LogP contribution in [0, 0.1) is 17.4 Å². The lowest BCUT2D eigenvalue weighted by atomic mass is 10.2. The standard InChI is InChI=1S/C8H7N2O/c1-11-8(6-9)7-4-2-3-5-10-7/h2-5H,1H3. The molecule has 0 fully saturated rings. The van der Waals surface area contributed by atoms with Crippen molar-refractivity contribution in [3.05, 3.63) is 36.2 Å². The first-order valence-electron chi connectivity index (χ1n) is 3.11. The van der Waals surface area contributed by atoms with Crippen molar-refractivity contribution in [2.75, 3.05) is 7.11 Å². The molecule has 0 bridgehead atoms. The van der Waals surface area contributed by atoms with Gasteiger partial charge in [-0.1, -0.05) is 6.07 Å². The number of aromatic nitrogens is 1. The molecule has 55 valence electrons. The fourth-order valence-corrected chi connectivity index (χ4v) is 0.705. The number of hydrogen-bond donors (Lipinski definition) is 0. The molecule has 0 N–H and O–H groups in total. The Morgan fingerprint density at radius 1 is 1.64 bits per heavy atom. The highest BCUT2D eigenvalue weighted by Crippen LogP contribution is 2.09. The van der Waals surface area contributed by atoms with Gasteiger partial charge in [-0.25, -0.2) is 0 Å². The van der Waals surface area contributed by atoms with Crippen molar-refractivity contribution >= 4 is 0 Å². The van der Waals surface area contributed by atoms with Crippen molar-refractivity contribution in [1.29, 1.82) is 5.26 Å². The third-order valence-electron chi connectivity index (χ3n) is 1.20. The van der Waals surface area contributed by atoms with Gasteiger partial charge in [0.1, 0.15) is 6.07 Å². The number of rotatable bonds is 2. The Bertz CT molecular complexity index is 253. The van der Waals surface area contributed by atoms with Gasteiger partial charge in [0.2, 0.25) is 6.10 Å². The topological polar surface area (TPSA) is 45.9 Å². The van der Waals surface area contributed by atoms with Crippen molar-refractivity contribution < 1.29 is 4.74 Å². The van der Waals surface area contributed by atoms with E-state index in [9.17, 15) is 0 Å². The highest BCUT2D eigenvalue weighted by molar-refractivity contribution is 5.27. The second-order valence-corrected chi connectivity index (χ2v) is 1.86. The molecule has 0 amide bonds. The van der Waals surface area contributed by atoms with E-state index in [0.29, 0.717) is 5.69 Å². The minimum Gasteiger partial charge on any atom is -0.354 e. The van der Waals surface area contributed by atoms with Crippen LogP contribution in [0.4, 0.5) is 0 Å². The lowest BCUT2D eigenvalue weighted by Gasteiger charge is -2.01. The van der Waals surface area contributed by atoms with Gasteiger partial charge in [0.25, 0.3) is 0 Å². The van der Waals surface area contributed by atoms with Crippen LogP contribution in [0.15, 0.2) is 24.4 Å². The van der Waals surface area contributed by atoms with E-state index >= 15 is 0 Å². The Hall–Kier alpha value is -1.40. The second-order valence-electron chi connectivity index (χ2n) is 1.86. The molecule has 0 saturated heterocycles. The van der Waals surface area contributed by atoms with Crippen LogP contribution >= 0.6 is 0 Å². The lowest BCUT2D eigenvalue weighted by Crippen LogP contribution is -2.00. The van der Waals surface area contributed by atoms with Crippen LogP contribution in [0.2, 0.25) is 0 Å². The maximum absolute atomic E-state index is 8.53. The van der Waals surface area contributed by atoms with Gasteiger partial charge in [-0.2, -0.15) is 5.26 Å². The number of ether oxygens (including phenoxy) is 1. The molecule has 0 atom stereocenters. The number of nitriles is 1. The molecule has 3 heteroatoms. The molecule has 0 aliphatic carbocycles. The Labute approximate surface area is 65.3 Å². The van der Waals surface area contributed by atoms with Gasteiger partial charge in [0.05, 0.1) is 5.69 Å². The molecule has 0 saturated carbocycles. The van der Waals surface area contributed by atoms with Crippen LogP contribution in [-0.2, 0) is 4.74 Å². The predicted octanol–water partition coefficient (Wildman–Crippen LogP) is 1.13. The van der Waals surface area contributed by atoms with Crippen molar-refractivity contribution in [2.24, 2.45) is 0 Å². The summed E-state index contributed by atoms with van der Waals surface area (Å²) in [4.78, 5) is 3.94. The van der Waals surface area contributed by atoms with Crippen molar-refractivity contribution in [3.63, 3.8) is 0 Å². The van der Waals surface area contributed by atoms with Gasteiger partial charge in [-0.15, -0.1) is 0 Å². The molecular weight excluding hydrogens is 140 g/mol. The van der Waals surface area contributed by atoms with E-state index in [2.05, 4.69) is 4.98 Å². The summed E-state index contributed by atoms with van der Waals surface area (Å²) in [6.07, 6.45) is 1.86. The van der Waals surface area contributed by atoms with Crippen molar-refractivity contribution in [1.82, 2.24) is 4.98 Å². The Kier molecular flexibility index (Phi) is 2.59. The fourth-order valence-electron chi connectivity index (χ4n) is 0.705. The van der Waals surface area contributed by atoms with Crippen molar-refractivity contribution in [2.45, 2.75) is 0 Å². The van der Waals surface area contributed by atoms with Gasteiger partial charge in [0, 0.05) is 13.3 Å². The average Bonchev–Trinajstić information content (AvgIpc) is 2.09. The van der Waals surface area contributed by atoms with Crippen LogP contribution in [0.3, 0.4) is 0 Å². The molecule has 0 aromatic carbocycles. The summed E-state index contributed by atoms with van der Waals surface area (Å²) >= 11 is 0. The Morgan fingerprint density at radius 2 is 2.45 bits per heavy atom. The summed E-state index contributed by atoms with van der Waals surface area (Å²) in [5, 5.41) is 8.53. The summed E-state index contributed by atoms with van der Waals surface area (Å²) in [5.41, 5.74) is 0.567. The number of pyridine rings is 1. The van der Waals surface area contributed by atoms with Crippen LogP contribution in [0.1, 0.15) is 5.69 Å². The Morgan fingerprint density at radius 3 is 2.91 bits per heavy atom. The van der Waals surface area contributed by atoms with Crippen LogP contribution in [-0.4, -0.2) is 12.1 Å². The molecule has 0 aliphatic heterocycles. The molecular formula is C8H7N2O. The zero-order chi connectivity index (χ0) is 8.10. The maximum Gasteiger partial charge on any atom is 0.244 e. The zero-order valence-electron chi connectivity index (χ0n) is 6.11. The molecule has 0 aliphatic rings. The zero-order valence-corrected chi connectivity index (χ0v) is 6.11. The van der Waals surface area contributed by atoms with Crippen LogP contribution < -0.4 is 0 Å². The quantitative estimate of drug-likeness (QED) is 0.630. The molecule has 0 unspecified atom stereocenters. The largest absolute Gasteiger partial charge is 0.354 e. The summed E-state index contributed by atoms with van der Waals surface area (Å²) < 4.78 is 4.78. The van der Waals surface area contributed by atoms with Gasteiger partial charge in [-0.05, 0) is 12.1 Å². The summed E-state index contributed by atoms with van der Waals surface area (Å²) in [5.74, 6) is 0. The summed E-state index contributed by atoms with van der Waals surface area (Å²) in [6, 6.07) is 7.21. The van der Waals surface area contributed by atoms with E-state index in [1.54, 1.807) is 24.4 Å². The Balaban J connectivity index is 2.85. The smallest absolute Gasteiger partial charge is 0.244 e. The molecule has 1 aromatic heterocycles. The van der Waals surface area contributed by atoms with E-state index < -0.39 is 0 Å². The molecule has 1 aromatic rings. The van der Waals surface area contributed by atoms with Gasteiger partial charge >= 0.3 is 0 Å². The number of methoxy groups -OCH3 is 1. The second kappa shape index (κ2) is 3.69. The van der Waals surface area contributed by atoms with E-state index in [0.717, 1.165) is 0 Å². The number of hydrogen-bond acceptors (Lipinski definition) is 3. The van der Waals surface area contributed by atoms with Crippen LogP contribution in [0.5, 0.6) is 0 Å². The molecule has 11 heavy (non-hydrogen) atoms. The molecule has 1 heterocycles. The SMILES string of the molecule is CO[C](C#N)c1ccccn1. The maximum atomic E-state index is 8.53. The first-order chi connectivity index (χ1) is 5.38. The van der Waals surface area contributed by atoms with Gasteiger partial charge in [0.15, 0.2) is 0 Å².